The van der Waals surface area contributed by atoms with Crippen LogP contribution in [-0.4, -0.2) is 45.1 Å². The molecule has 0 spiro atoms. The van der Waals surface area contributed by atoms with Crippen LogP contribution in [0.15, 0.2) is 29.2 Å². The molecule has 128 valence electrons. The van der Waals surface area contributed by atoms with E-state index in [0.29, 0.717) is 31.7 Å². The zero-order chi connectivity index (χ0) is 17.0. The summed E-state index contributed by atoms with van der Waals surface area (Å²) in [5.74, 6) is 0. The van der Waals surface area contributed by atoms with Crippen LogP contribution in [0, 0.1) is 0 Å². The molecule has 7 nitrogen and oxygen atoms in total. The van der Waals surface area contributed by atoms with Gasteiger partial charge in [0.25, 0.3) is 0 Å². The van der Waals surface area contributed by atoms with Gasteiger partial charge in [0.15, 0.2) is 0 Å². The Morgan fingerprint density at radius 2 is 2.26 bits per heavy atom. The van der Waals surface area contributed by atoms with Crippen LogP contribution in [0.25, 0.3) is 0 Å². The third-order valence-corrected chi connectivity index (χ3v) is 4.73. The largest absolute Gasteiger partial charge is 0.375 e. The van der Waals surface area contributed by atoms with Gasteiger partial charge in [-0.3, -0.25) is 0 Å². The molecule has 1 heterocycles. The number of primary sulfonamides is 1. The maximum absolute atomic E-state index is 12.4. The summed E-state index contributed by atoms with van der Waals surface area (Å²) in [5.41, 5.74) is 0.716. The van der Waals surface area contributed by atoms with Crippen LogP contribution in [0.2, 0.25) is 0 Å². The highest BCUT2D eigenvalue weighted by Gasteiger charge is 2.23. The fourth-order valence-corrected chi connectivity index (χ4v) is 3.14. The lowest BCUT2D eigenvalue weighted by atomic mass is 10.0. The minimum Gasteiger partial charge on any atom is -0.375 e. The summed E-state index contributed by atoms with van der Waals surface area (Å²) >= 11 is 0. The van der Waals surface area contributed by atoms with Gasteiger partial charge in [-0.2, -0.15) is 0 Å². The summed E-state index contributed by atoms with van der Waals surface area (Å²) in [6.45, 7) is 5.46. The number of carbonyl (C=O) groups is 1. The first-order valence-corrected chi connectivity index (χ1v) is 9.15. The van der Waals surface area contributed by atoms with Crippen molar-refractivity contribution in [2.75, 3.05) is 19.7 Å². The second-order valence-corrected chi connectivity index (χ2v) is 7.22. The topological polar surface area (TPSA) is 102 Å². The van der Waals surface area contributed by atoms with Gasteiger partial charge >= 0.3 is 6.03 Å². The number of urea groups is 1. The van der Waals surface area contributed by atoms with Crippen molar-refractivity contribution in [3.63, 3.8) is 0 Å². The summed E-state index contributed by atoms with van der Waals surface area (Å²) in [6.07, 6.45) is 0.653. The van der Waals surface area contributed by atoms with Crippen molar-refractivity contribution in [2.24, 2.45) is 5.14 Å². The van der Waals surface area contributed by atoms with E-state index < -0.39 is 10.0 Å². The average molecular weight is 341 g/mol. The van der Waals surface area contributed by atoms with E-state index >= 15 is 0 Å². The van der Waals surface area contributed by atoms with Gasteiger partial charge in [0, 0.05) is 13.1 Å². The van der Waals surface area contributed by atoms with Crippen LogP contribution < -0.4 is 10.5 Å². The number of rotatable bonds is 4. The molecule has 2 atom stereocenters. The molecule has 0 aliphatic carbocycles. The van der Waals surface area contributed by atoms with Crippen molar-refractivity contribution in [2.45, 2.75) is 37.3 Å². The molecule has 0 bridgehead atoms. The Kier molecular flexibility index (Phi) is 5.61. The molecule has 0 saturated carbocycles. The van der Waals surface area contributed by atoms with Gasteiger partial charge in [-0.15, -0.1) is 0 Å². The van der Waals surface area contributed by atoms with Gasteiger partial charge in [-0.25, -0.2) is 18.4 Å². The summed E-state index contributed by atoms with van der Waals surface area (Å²) in [4.78, 5) is 14.1. The number of hydrogen-bond donors (Lipinski definition) is 2. The molecule has 1 aromatic carbocycles. The van der Waals surface area contributed by atoms with E-state index in [1.165, 1.54) is 12.1 Å². The second-order valence-electron chi connectivity index (χ2n) is 5.66. The number of benzene rings is 1. The Balaban J connectivity index is 2.12. The molecule has 1 aromatic rings. The molecular formula is C15H23N3O4S. The number of sulfonamides is 1. The highest BCUT2D eigenvalue weighted by atomic mass is 32.2. The third-order valence-electron chi connectivity index (χ3n) is 3.82. The van der Waals surface area contributed by atoms with Gasteiger partial charge in [-0.05, 0) is 31.0 Å². The van der Waals surface area contributed by atoms with E-state index in [1.807, 2.05) is 13.8 Å². The van der Waals surface area contributed by atoms with E-state index in [1.54, 1.807) is 17.0 Å². The highest BCUT2D eigenvalue weighted by molar-refractivity contribution is 7.89. The van der Waals surface area contributed by atoms with E-state index in [0.717, 1.165) is 0 Å². The molecule has 0 aromatic heterocycles. The molecule has 1 fully saturated rings. The second kappa shape index (κ2) is 7.29. The number of morpholine rings is 1. The van der Waals surface area contributed by atoms with Crippen LogP contribution in [0.5, 0.6) is 0 Å². The number of nitrogens with one attached hydrogen (secondary N) is 1. The molecule has 0 radical (unpaired) electrons. The van der Waals surface area contributed by atoms with Crippen molar-refractivity contribution in [1.29, 1.82) is 0 Å². The molecule has 1 saturated heterocycles. The Hall–Kier alpha value is -1.64. The number of nitrogens with two attached hydrogens (primary N) is 1. The smallest absolute Gasteiger partial charge is 0.318 e. The lowest BCUT2D eigenvalue weighted by Gasteiger charge is -2.32. The predicted molar refractivity (Wildman–Crippen MR) is 86.4 cm³/mol. The molecular weight excluding hydrogens is 318 g/mol. The van der Waals surface area contributed by atoms with Gasteiger partial charge in [0.05, 0.1) is 23.6 Å². The van der Waals surface area contributed by atoms with Gasteiger partial charge in [0.2, 0.25) is 10.0 Å². The number of carbonyl (C=O) groups excluding carboxylic acids is 1. The van der Waals surface area contributed by atoms with E-state index in [2.05, 4.69) is 5.32 Å². The summed E-state index contributed by atoms with van der Waals surface area (Å²) < 4.78 is 28.4. The summed E-state index contributed by atoms with van der Waals surface area (Å²) in [5, 5.41) is 8.11. The van der Waals surface area contributed by atoms with Crippen LogP contribution in [0.3, 0.4) is 0 Å². The van der Waals surface area contributed by atoms with Gasteiger partial charge < -0.3 is 15.0 Å². The number of hydrogen-bond acceptors (Lipinski definition) is 4. The molecule has 1 aliphatic rings. The highest BCUT2D eigenvalue weighted by Crippen LogP contribution is 2.20. The maximum Gasteiger partial charge on any atom is 0.318 e. The minimum absolute atomic E-state index is 0.0142. The zero-order valence-electron chi connectivity index (χ0n) is 13.4. The molecule has 23 heavy (non-hydrogen) atoms. The van der Waals surface area contributed by atoms with Crippen molar-refractivity contribution in [1.82, 2.24) is 10.2 Å². The van der Waals surface area contributed by atoms with Crippen LogP contribution in [-0.2, 0) is 14.8 Å². The van der Waals surface area contributed by atoms with E-state index in [9.17, 15) is 13.2 Å². The number of amides is 2. The monoisotopic (exact) mass is 341 g/mol. The quantitative estimate of drug-likeness (QED) is 0.859. The maximum atomic E-state index is 12.4. The molecule has 1 aliphatic heterocycles. The standard InChI is InChI=1S/C15H23N3O4S/c1-3-14(12-5-4-6-13(9-12)23(16,20)21)17-15(19)18-7-8-22-11(2)10-18/h4-6,9,11,14H,3,7-8,10H2,1-2H3,(H,17,19)(H2,16,20,21)/t11-,14-/m1/s1. The Labute approximate surface area is 136 Å². The molecule has 0 unspecified atom stereocenters. The first-order chi connectivity index (χ1) is 10.8. The minimum atomic E-state index is -3.76. The number of ether oxygens (including phenoxy) is 1. The van der Waals surface area contributed by atoms with E-state index in [4.69, 9.17) is 9.88 Å². The van der Waals surface area contributed by atoms with Crippen molar-refractivity contribution >= 4 is 16.1 Å². The summed E-state index contributed by atoms with van der Waals surface area (Å²) in [6, 6.07) is 5.91. The van der Waals surface area contributed by atoms with Crippen LogP contribution >= 0.6 is 0 Å². The predicted octanol–water partition coefficient (Wildman–Crippen LogP) is 1.22. The van der Waals surface area contributed by atoms with Crippen molar-refractivity contribution in [3.8, 4) is 0 Å². The fraction of sp³-hybridized carbons (Fsp3) is 0.533. The number of nitrogens with zero attached hydrogens (tertiary/aromatic N) is 1. The van der Waals surface area contributed by atoms with Crippen LogP contribution in [0.1, 0.15) is 31.9 Å². The first-order valence-electron chi connectivity index (χ1n) is 7.61. The summed E-state index contributed by atoms with van der Waals surface area (Å²) in [7, 11) is -3.76. The Bertz CT molecular complexity index is 662. The molecule has 2 amide bonds. The lowest BCUT2D eigenvalue weighted by molar-refractivity contribution is -0.00389. The normalized spacial score (nSPS) is 20.1. The molecule has 2 rings (SSSR count). The van der Waals surface area contributed by atoms with Crippen molar-refractivity contribution in [3.05, 3.63) is 29.8 Å². The SMILES string of the molecule is CC[C@@H](NC(=O)N1CCO[C@H](C)C1)c1cccc(S(N)(=O)=O)c1. The Morgan fingerprint density at radius 3 is 2.87 bits per heavy atom. The molecule has 8 heteroatoms. The molecule has 3 N–H and O–H groups in total. The Morgan fingerprint density at radius 1 is 1.52 bits per heavy atom. The van der Waals surface area contributed by atoms with Gasteiger partial charge in [0.1, 0.15) is 0 Å². The van der Waals surface area contributed by atoms with Crippen molar-refractivity contribution < 1.29 is 17.9 Å². The van der Waals surface area contributed by atoms with Gasteiger partial charge in [-0.1, -0.05) is 19.1 Å². The zero-order valence-corrected chi connectivity index (χ0v) is 14.2. The average Bonchev–Trinajstić information content (AvgIpc) is 2.51. The third kappa shape index (κ3) is 4.66. The van der Waals surface area contributed by atoms with E-state index in [-0.39, 0.29) is 23.1 Å². The fourth-order valence-electron chi connectivity index (χ4n) is 2.57. The first kappa shape index (κ1) is 17.7. The lowest BCUT2D eigenvalue weighted by Crippen LogP contribution is -2.49. The van der Waals surface area contributed by atoms with Crippen LogP contribution in [0.4, 0.5) is 4.79 Å².